The van der Waals surface area contributed by atoms with E-state index < -0.39 is 6.10 Å². The highest BCUT2D eigenvalue weighted by Gasteiger charge is 2.20. The first-order chi connectivity index (χ1) is 40.5. The predicted molar refractivity (Wildman–Crippen MR) is 358 cm³/mol. The fraction of sp³-hybridized carbons (Fsp3) is 0.961. The van der Waals surface area contributed by atoms with Crippen molar-refractivity contribution in [3.63, 3.8) is 0 Å². The van der Waals surface area contributed by atoms with E-state index in [-0.39, 0.29) is 31.1 Å². The van der Waals surface area contributed by atoms with Crippen molar-refractivity contribution in [3.05, 3.63) is 0 Å². The molecule has 0 aliphatic carbocycles. The lowest BCUT2D eigenvalue weighted by atomic mass is 10.0. The Hall–Kier alpha value is -1.59. The molecule has 0 radical (unpaired) electrons. The van der Waals surface area contributed by atoms with E-state index in [9.17, 15) is 14.4 Å². The van der Waals surface area contributed by atoms with Crippen LogP contribution in [0.2, 0.25) is 0 Å². The van der Waals surface area contributed by atoms with Gasteiger partial charge >= 0.3 is 17.9 Å². The summed E-state index contributed by atoms with van der Waals surface area (Å²) in [7, 11) is 0. The van der Waals surface area contributed by atoms with E-state index in [1.54, 1.807) is 0 Å². The summed E-state index contributed by atoms with van der Waals surface area (Å²) < 4.78 is 17.0. The minimum atomic E-state index is -0.763. The first kappa shape index (κ1) is 80.4. The molecule has 0 bridgehead atoms. The van der Waals surface area contributed by atoms with E-state index in [4.69, 9.17) is 14.2 Å². The fourth-order valence-electron chi connectivity index (χ4n) is 12.2. The largest absolute Gasteiger partial charge is 0.462 e. The van der Waals surface area contributed by atoms with Gasteiger partial charge in [-0.15, -0.1) is 0 Å². The third-order valence-electron chi connectivity index (χ3n) is 17.9. The summed E-state index contributed by atoms with van der Waals surface area (Å²) in [5.41, 5.74) is 0. The monoisotopic (exact) mass is 1160 g/mol. The van der Waals surface area contributed by atoms with Gasteiger partial charge in [-0.05, 0) is 19.3 Å². The maximum absolute atomic E-state index is 13.0. The molecule has 6 heteroatoms. The molecule has 0 saturated carbocycles. The third-order valence-corrected chi connectivity index (χ3v) is 17.9. The molecule has 0 fully saturated rings. The summed E-state index contributed by atoms with van der Waals surface area (Å²) in [5, 5.41) is 0. The van der Waals surface area contributed by atoms with E-state index in [1.165, 1.54) is 353 Å². The molecule has 0 saturated heterocycles. The molecule has 0 aliphatic heterocycles. The van der Waals surface area contributed by atoms with Crippen molar-refractivity contribution >= 4 is 17.9 Å². The van der Waals surface area contributed by atoms with E-state index in [2.05, 4.69) is 20.8 Å². The molecule has 0 N–H and O–H groups in total. The number of carbonyl (C=O) groups is 3. The van der Waals surface area contributed by atoms with Crippen LogP contribution in [0.4, 0.5) is 0 Å². The normalized spacial score (nSPS) is 11.9. The van der Waals surface area contributed by atoms with Gasteiger partial charge in [-0.3, -0.25) is 14.4 Å². The number of hydrogen-bond donors (Lipinski definition) is 0. The van der Waals surface area contributed by atoms with Crippen molar-refractivity contribution in [2.24, 2.45) is 0 Å². The maximum Gasteiger partial charge on any atom is 0.306 e. The second kappa shape index (κ2) is 71.9. The van der Waals surface area contributed by atoms with Gasteiger partial charge in [-0.25, -0.2) is 0 Å². The van der Waals surface area contributed by atoms with Crippen LogP contribution in [0.3, 0.4) is 0 Å². The Balaban J connectivity index is 4.06. The van der Waals surface area contributed by atoms with Crippen molar-refractivity contribution < 1.29 is 28.6 Å². The smallest absolute Gasteiger partial charge is 0.306 e. The summed E-state index contributed by atoms with van der Waals surface area (Å²) in [5.74, 6) is -0.821. The highest BCUT2D eigenvalue weighted by Crippen LogP contribution is 2.20. The van der Waals surface area contributed by atoms with Crippen LogP contribution in [0.15, 0.2) is 0 Å². The summed E-state index contributed by atoms with van der Waals surface area (Å²) in [6.07, 6.45) is 86.0. The highest BCUT2D eigenvalue weighted by atomic mass is 16.6. The van der Waals surface area contributed by atoms with Gasteiger partial charge in [0, 0.05) is 19.3 Å². The van der Waals surface area contributed by atoms with Crippen molar-refractivity contribution in [2.75, 3.05) is 13.2 Å². The Bertz CT molecular complexity index is 1240. The van der Waals surface area contributed by atoms with Gasteiger partial charge in [0.1, 0.15) is 13.2 Å². The molecular weight excluding hydrogens is 1010 g/mol. The summed E-state index contributed by atoms with van der Waals surface area (Å²) in [6.45, 7) is 6.73. The lowest BCUT2D eigenvalue weighted by molar-refractivity contribution is -0.167. The molecule has 0 heterocycles. The fourth-order valence-corrected chi connectivity index (χ4v) is 12.2. The number of unbranched alkanes of at least 4 members (excludes halogenated alkanes) is 61. The van der Waals surface area contributed by atoms with Gasteiger partial charge in [0.2, 0.25) is 0 Å². The summed E-state index contributed by atoms with van der Waals surface area (Å²) in [6, 6.07) is 0. The molecule has 0 aromatic carbocycles. The summed E-state index contributed by atoms with van der Waals surface area (Å²) >= 11 is 0. The zero-order valence-electron chi connectivity index (χ0n) is 56.3. The van der Waals surface area contributed by atoms with Crippen molar-refractivity contribution in [1.29, 1.82) is 0 Å². The van der Waals surface area contributed by atoms with Crippen LogP contribution < -0.4 is 0 Å². The van der Waals surface area contributed by atoms with Gasteiger partial charge < -0.3 is 14.2 Å². The van der Waals surface area contributed by atoms with Gasteiger partial charge in [0.05, 0.1) is 0 Å². The molecule has 6 nitrogen and oxygen atoms in total. The van der Waals surface area contributed by atoms with Gasteiger partial charge in [0.15, 0.2) is 6.10 Å². The van der Waals surface area contributed by atoms with E-state index in [0.29, 0.717) is 19.3 Å². The molecule has 1 atom stereocenters. The van der Waals surface area contributed by atoms with Crippen molar-refractivity contribution in [1.82, 2.24) is 0 Å². The Morgan fingerprint density at radius 3 is 0.488 bits per heavy atom. The van der Waals surface area contributed by atoms with Crippen LogP contribution in [0.25, 0.3) is 0 Å². The zero-order chi connectivity index (χ0) is 59.2. The quantitative estimate of drug-likeness (QED) is 0.0343. The first-order valence-corrected chi connectivity index (χ1v) is 38.0. The maximum atomic E-state index is 13.0. The second-order valence-electron chi connectivity index (χ2n) is 26.3. The average Bonchev–Trinajstić information content (AvgIpc) is 3.48. The first-order valence-electron chi connectivity index (χ1n) is 38.0. The standard InChI is InChI=1S/C76H148O6/c1-4-7-10-13-16-19-22-24-26-28-30-32-34-36-38-39-41-42-44-46-48-50-52-54-57-60-63-66-69-75(78)81-72-73(71-80-74(77)68-65-62-59-56-21-18-15-12-9-6-3)82-76(79)70-67-64-61-58-55-53-51-49-47-45-43-40-37-35-33-31-29-27-25-23-20-17-14-11-8-5-2/h73H,4-72H2,1-3H3. The molecule has 1 unspecified atom stereocenters. The predicted octanol–water partition coefficient (Wildman–Crippen LogP) is 26.2. The molecule has 0 aliphatic rings. The van der Waals surface area contributed by atoms with E-state index >= 15 is 0 Å². The Morgan fingerprint density at radius 2 is 0.329 bits per heavy atom. The number of hydrogen-bond acceptors (Lipinski definition) is 6. The minimum Gasteiger partial charge on any atom is -0.462 e. The number of esters is 3. The lowest BCUT2D eigenvalue weighted by Crippen LogP contribution is -2.30. The molecule has 0 aromatic heterocycles. The van der Waals surface area contributed by atoms with Crippen molar-refractivity contribution in [2.45, 2.75) is 457 Å². The average molecular weight is 1160 g/mol. The molecule has 488 valence electrons. The van der Waals surface area contributed by atoms with Crippen LogP contribution in [-0.4, -0.2) is 37.2 Å². The molecule has 0 aromatic rings. The lowest BCUT2D eigenvalue weighted by Gasteiger charge is -2.18. The van der Waals surface area contributed by atoms with Gasteiger partial charge in [-0.2, -0.15) is 0 Å². The second-order valence-corrected chi connectivity index (χ2v) is 26.3. The van der Waals surface area contributed by atoms with Gasteiger partial charge in [0.25, 0.3) is 0 Å². The van der Waals surface area contributed by atoms with Gasteiger partial charge in [-0.1, -0.05) is 412 Å². The Morgan fingerprint density at radius 1 is 0.195 bits per heavy atom. The van der Waals surface area contributed by atoms with E-state index in [1.807, 2.05) is 0 Å². The number of rotatable bonds is 72. The molecule has 0 amide bonds. The van der Waals surface area contributed by atoms with Crippen LogP contribution in [0.1, 0.15) is 451 Å². The number of ether oxygens (including phenoxy) is 3. The molecule has 0 spiro atoms. The van der Waals surface area contributed by atoms with E-state index in [0.717, 1.165) is 57.8 Å². The topological polar surface area (TPSA) is 78.9 Å². The van der Waals surface area contributed by atoms with Crippen LogP contribution in [0, 0.1) is 0 Å². The van der Waals surface area contributed by atoms with Crippen LogP contribution in [0.5, 0.6) is 0 Å². The molecule has 0 rings (SSSR count). The Labute approximate surface area is 514 Å². The van der Waals surface area contributed by atoms with Crippen LogP contribution in [-0.2, 0) is 28.6 Å². The van der Waals surface area contributed by atoms with Crippen LogP contribution >= 0.6 is 0 Å². The SMILES string of the molecule is CCCCCCCCCCCCCCCCCCCCCCCCCCCCCCC(=O)OCC(COC(=O)CCCCCCCCCCCC)OC(=O)CCCCCCCCCCCCCCCCCCCCCCCCCCCC. The number of carbonyl (C=O) groups excluding carboxylic acids is 3. The molecular formula is C76H148O6. The third kappa shape index (κ3) is 69.2. The van der Waals surface area contributed by atoms with Crippen molar-refractivity contribution in [3.8, 4) is 0 Å². The highest BCUT2D eigenvalue weighted by molar-refractivity contribution is 5.71. The summed E-state index contributed by atoms with van der Waals surface area (Å²) in [4.78, 5) is 38.4. The Kier molecular flexibility index (Phi) is 70.5. The molecule has 82 heavy (non-hydrogen) atoms. The minimum absolute atomic E-state index is 0.0604. The zero-order valence-corrected chi connectivity index (χ0v) is 56.3.